The summed E-state index contributed by atoms with van der Waals surface area (Å²) in [5, 5.41) is 2.71. The molecular formula is C17H22N2O4. The molecule has 2 heterocycles. The van der Waals surface area contributed by atoms with Gasteiger partial charge in [-0.2, -0.15) is 0 Å². The largest absolute Gasteiger partial charge is 0.353 e. The molecule has 0 bridgehead atoms. The van der Waals surface area contributed by atoms with E-state index in [1.807, 2.05) is 30.3 Å². The highest BCUT2D eigenvalue weighted by atomic mass is 16.7. The predicted molar refractivity (Wildman–Crippen MR) is 83.3 cm³/mol. The van der Waals surface area contributed by atoms with E-state index >= 15 is 0 Å². The minimum atomic E-state index is -0.634. The molecule has 0 radical (unpaired) electrons. The average Bonchev–Trinajstić information content (AvgIpc) is 2.58. The molecule has 2 aliphatic heterocycles. The van der Waals surface area contributed by atoms with E-state index in [4.69, 9.17) is 9.47 Å². The van der Waals surface area contributed by atoms with Crippen LogP contribution in [0, 0.1) is 0 Å². The molecule has 0 spiro atoms. The molecule has 124 valence electrons. The second-order valence-electron chi connectivity index (χ2n) is 5.93. The van der Waals surface area contributed by atoms with Crippen LogP contribution in [-0.4, -0.2) is 48.8 Å². The number of carbonyl (C=O) groups excluding carboxylic acids is 2. The van der Waals surface area contributed by atoms with Crippen molar-refractivity contribution in [1.82, 2.24) is 10.2 Å². The van der Waals surface area contributed by atoms with Crippen molar-refractivity contribution in [2.45, 2.75) is 38.1 Å². The van der Waals surface area contributed by atoms with Crippen molar-refractivity contribution < 1.29 is 19.1 Å². The Labute approximate surface area is 135 Å². The fourth-order valence-corrected chi connectivity index (χ4v) is 2.87. The first kappa shape index (κ1) is 16.0. The second-order valence-corrected chi connectivity index (χ2v) is 5.93. The van der Waals surface area contributed by atoms with Crippen LogP contribution in [0.5, 0.6) is 0 Å². The van der Waals surface area contributed by atoms with E-state index in [1.165, 1.54) is 0 Å². The number of nitrogens with zero attached hydrogens (tertiary/aromatic N) is 1. The topological polar surface area (TPSA) is 67.9 Å². The van der Waals surface area contributed by atoms with Gasteiger partial charge in [0.1, 0.15) is 6.04 Å². The lowest BCUT2D eigenvalue weighted by Gasteiger charge is -2.33. The molecule has 1 aromatic carbocycles. The fraction of sp³-hybridized carbons (Fsp3) is 0.529. The van der Waals surface area contributed by atoms with Crippen LogP contribution in [0.1, 0.15) is 24.8 Å². The van der Waals surface area contributed by atoms with E-state index in [-0.39, 0.29) is 31.3 Å². The third-order valence-electron chi connectivity index (χ3n) is 4.08. The zero-order chi connectivity index (χ0) is 16.1. The Morgan fingerprint density at radius 3 is 2.78 bits per heavy atom. The highest BCUT2D eigenvalue weighted by Gasteiger charge is 2.33. The summed E-state index contributed by atoms with van der Waals surface area (Å²) < 4.78 is 11.1. The first-order chi connectivity index (χ1) is 11.2. The lowest BCUT2D eigenvalue weighted by atomic mass is 10.1. The number of ether oxygens (including phenoxy) is 2. The molecule has 6 nitrogen and oxygen atoms in total. The fourth-order valence-electron chi connectivity index (χ4n) is 2.87. The molecular weight excluding hydrogens is 296 g/mol. The number of benzene rings is 1. The molecule has 2 atom stereocenters. The van der Waals surface area contributed by atoms with Crippen LogP contribution in [0.2, 0.25) is 0 Å². The quantitative estimate of drug-likeness (QED) is 0.881. The van der Waals surface area contributed by atoms with Gasteiger partial charge >= 0.3 is 0 Å². The van der Waals surface area contributed by atoms with Gasteiger partial charge in [0.05, 0.1) is 13.2 Å². The lowest BCUT2D eigenvalue weighted by Crippen LogP contribution is -2.59. The summed E-state index contributed by atoms with van der Waals surface area (Å²) in [5.41, 5.74) is 1.01. The highest BCUT2D eigenvalue weighted by Crippen LogP contribution is 2.15. The Bertz CT molecular complexity index is 543. The number of amides is 2. The predicted octanol–water partition coefficient (Wildman–Crippen LogP) is 1.06. The monoisotopic (exact) mass is 318 g/mol. The SMILES string of the molecule is O=C1CN(Cc2ccccc2)C(=O)C(COC2CCCCO2)N1. The maximum Gasteiger partial charge on any atom is 0.248 e. The Hall–Kier alpha value is -1.92. The normalized spacial score (nSPS) is 25.3. The zero-order valence-corrected chi connectivity index (χ0v) is 13.1. The van der Waals surface area contributed by atoms with E-state index in [2.05, 4.69) is 5.32 Å². The Morgan fingerprint density at radius 2 is 2.04 bits per heavy atom. The molecule has 0 saturated carbocycles. The number of rotatable bonds is 5. The molecule has 23 heavy (non-hydrogen) atoms. The van der Waals surface area contributed by atoms with Crippen molar-refractivity contribution in [3.8, 4) is 0 Å². The van der Waals surface area contributed by atoms with Gasteiger partial charge in [0.2, 0.25) is 11.8 Å². The standard InChI is InChI=1S/C17H22N2O4/c20-15-11-19(10-13-6-2-1-3-7-13)17(21)14(18-15)12-23-16-8-4-5-9-22-16/h1-3,6-7,14,16H,4-5,8-12H2,(H,18,20). The number of carbonyl (C=O) groups is 2. The van der Waals surface area contributed by atoms with E-state index in [9.17, 15) is 9.59 Å². The molecule has 0 aliphatic carbocycles. The van der Waals surface area contributed by atoms with Crippen LogP contribution < -0.4 is 5.32 Å². The van der Waals surface area contributed by atoms with Gasteiger partial charge in [0, 0.05) is 13.2 Å². The van der Waals surface area contributed by atoms with Crippen molar-refractivity contribution in [3.63, 3.8) is 0 Å². The average molecular weight is 318 g/mol. The second kappa shape index (κ2) is 7.57. The minimum absolute atomic E-state index is 0.0875. The molecule has 3 rings (SSSR count). The molecule has 2 fully saturated rings. The molecule has 2 aliphatic rings. The van der Waals surface area contributed by atoms with Crippen LogP contribution >= 0.6 is 0 Å². The van der Waals surface area contributed by atoms with E-state index in [1.54, 1.807) is 4.90 Å². The molecule has 0 aromatic heterocycles. The Balaban J connectivity index is 1.57. The van der Waals surface area contributed by atoms with Crippen LogP contribution in [0.25, 0.3) is 0 Å². The Kier molecular flexibility index (Phi) is 5.25. The summed E-state index contributed by atoms with van der Waals surface area (Å²) >= 11 is 0. The summed E-state index contributed by atoms with van der Waals surface area (Å²) in [6, 6.07) is 9.03. The van der Waals surface area contributed by atoms with Gasteiger partial charge in [0.25, 0.3) is 0 Å². The van der Waals surface area contributed by atoms with Crippen molar-refractivity contribution >= 4 is 11.8 Å². The molecule has 1 aromatic rings. The third-order valence-corrected chi connectivity index (χ3v) is 4.08. The maximum atomic E-state index is 12.5. The molecule has 2 unspecified atom stereocenters. The van der Waals surface area contributed by atoms with Gasteiger partial charge in [-0.05, 0) is 24.8 Å². The Morgan fingerprint density at radius 1 is 1.22 bits per heavy atom. The van der Waals surface area contributed by atoms with Gasteiger partial charge in [-0.15, -0.1) is 0 Å². The van der Waals surface area contributed by atoms with Crippen LogP contribution in [0.4, 0.5) is 0 Å². The highest BCUT2D eigenvalue weighted by molar-refractivity contribution is 5.94. The first-order valence-corrected chi connectivity index (χ1v) is 8.07. The molecule has 2 saturated heterocycles. The van der Waals surface area contributed by atoms with Crippen molar-refractivity contribution in [2.75, 3.05) is 19.8 Å². The van der Waals surface area contributed by atoms with Gasteiger partial charge in [0.15, 0.2) is 6.29 Å². The van der Waals surface area contributed by atoms with Crippen molar-refractivity contribution in [3.05, 3.63) is 35.9 Å². The van der Waals surface area contributed by atoms with Gasteiger partial charge in [-0.3, -0.25) is 9.59 Å². The van der Waals surface area contributed by atoms with Crippen LogP contribution in [-0.2, 0) is 25.6 Å². The van der Waals surface area contributed by atoms with Crippen LogP contribution in [0.3, 0.4) is 0 Å². The van der Waals surface area contributed by atoms with E-state index < -0.39 is 6.04 Å². The van der Waals surface area contributed by atoms with Crippen LogP contribution in [0.15, 0.2) is 30.3 Å². The summed E-state index contributed by atoms with van der Waals surface area (Å²) in [7, 11) is 0. The summed E-state index contributed by atoms with van der Waals surface area (Å²) in [6.07, 6.45) is 2.68. The summed E-state index contributed by atoms with van der Waals surface area (Å²) in [6.45, 7) is 1.37. The zero-order valence-electron chi connectivity index (χ0n) is 13.1. The molecule has 6 heteroatoms. The third kappa shape index (κ3) is 4.30. The van der Waals surface area contributed by atoms with Crippen molar-refractivity contribution in [1.29, 1.82) is 0 Å². The number of hydrogen-bond acceptors (Lipinski definition) is 4. The maximum absolute atomic E-state index is 12.5. The summed E-state index contributed by atoms with van der Waals surface area (Å²) in [5.74, 6) is -0.261. The lowest BCUT2D eigenvalue weighted by molar-refractivity contribution is -0.173. The van der Waals surface area contributed by atoms with E-state index in [0.717, 1.165) is 24.8 Å². The smallest absolute Gasteiger partial charge is 0.248 e. The number of piperazine rings is 1. The first-order valence-electron chi connectivity index (χ1n) is 8.07. The number of nitrogens with one attached hydrogen (secondary N) is 1. The van der Waals surface area contributed by atoms with Crippen molar-refractivity contribution in [2.24, 2.45) is 0 Å². The number of hydrogen-bond donors (Lipinski definition) is 1. The van der Waals surface area contributed by atoms with Gasteiger partial charge in [-0.25, -0.2) is 0 Å². The molecule has 1 N–H and O–H groups in total. The van der Waals surface area contributed by atoms with E-state index in [0.29, 0.717) is 13.2 Å². The van der Waals surface area contributed by atoms with Gasteiger partial charge in [-0.1, -0.05) is 30.3 Å². The summed E-state index contributed by atoms with van der Waals surface area (Å²) in [4.78, 5) is 26.0. The minimum Gasteiger partial charge on any atom is -0.353 e. The molecule has 2 amide bonds. The van der Waals surface area contributed by atoms with Gasteiger partial charge < -0.3 is 19.7 Å².